The van der Waals surface area contributed by atoms with Crippen molar-refractivity contribution in [2.45, 2.75) is 39.3 Å². The van der Waals surface area contributed by atoms with Crippen molar-refractivity contribution in [3.05, 3.63) is 89.5 Å². The fourth-order valence-corrected chi connectivity index (χ4v) is 4.29. The molecule has 0 N–H and O–H groups in total. The Morgan fingerprint density at radius 3 is 2.35 bits per heavy atom. The van der Waals surface area contributed by atoms with E-state index in [9.17, 15) is 18.0 Å². The molecule has 0 saturated carbocycles. The second kappa shape index (κ2) is 14.7. The van der Waals surface area contributed by atoms with Gasteiger partial charge in [-0.15, -0.1) is 0 Å². The molecule has 0 aliphatic carbocycles. The number of amides is 1. The average Bonchev–Trinajstić information content (AvgIpc) is 2.94. The fourth-order valence-electron chi connectivity index (χ4n) is 4.29. The summed E-state index contributed by atoms with van der Waals surface area (Å²) in [6, 6.07) is 19.8. The lowest BCUT2D eigenvalue weighted by molar-refractivity contribution is -0.137. The van der Waals surface area contributed by atoms with E-state index in [2.05, 4.69) is 18.0 Å². The molecule has 216 valence electrons. The third kappa shape index (κ3) is 9.30. The van der Waals surface area contributed by atoms with Gasteiger partial charge in [-0.05, 0) is 86.8 Å². The maximum absolute atomic E-state index is 13.6. The summed E-state index contributed by atoms with van der Waals surface area (Å²) >= 11 is 0. The Balaban J connectivity index is 1.70. The average molecular weight is 557 g/mol. The number of para-hydroxylation sites is 2. The molecule has 0 unspecified atom stereocenters. The summed E-state index contributed by atoms with van der Waals surface area (Å²) in [5.41, 5.74) is 0.892. The minimum Gasteiger partial charge on any atom is -0.497 e. The SMILES string of the molecule is COc1cccc(CCN(C)CCCCN(C(=O)c2cccc(C(F)(F)F)c2)c2ccccc2OCC(C)C)c1. The van der Waals surface area contributed by atoms with Crippen LogP contribution in [0.25, 0.3) is 0 Å². The number of halogens is 3. The van der Waals surface area contributed by atoms with E-state index in [1.54, 1.807) is 30.2 Å². The van der Waals surface area contributed by atoms with E-state index in [1.807, 2.05) is 38.1 Å². The zero-order chi connectivity index (χ0) is 29.1. The van der Waals surface area contributed by atoms with Crippen molar-refractivity contribution in [3.63, 3.8) is 0 Å². The summed E-state index contributed by atoms with van der Waals surface area (Å²) in [6.07, 6.45) is -2.16. The highest BCUT2D eigenvalue weighted by Gasteiger charge is 2.31. The van der Waals surface area contributed by atoms with E-state index in [4.69, 9.17) is 9.47 Å². The number of methoxy groups -OCH3 is 1. The van der Waals surface area contributed by atoms with Crippen molar-refractivity contribution in [2.24, 2.45) is 5.92 Å². The second-order valence-electron chi connectivity index (χ2n) is 10.3. The van der Waals surface area contributed by atoms with E-state index < -0.39 is 17.6 Å². The number of rotatable bonds is 14. The van der Waals surface area contributed by atoms with Gasteiger partial charge >= 0.3 is 6.18 Å². The predicted octanol–water partition coefficient (Wildman–Crippen LogP) is 7.35. The van der Waals surface area contributed by atoms with E-state index in [0.717, 1.165) is 43.8 Å². The monoisotopic (exact) mass is 556 g/mol. The lowest BCUT2D eigenvalue weighted by atomic mass is 10.1. The van der Waals surface area contributed by atoms with Gasteiger partial charge in [0.1, 0.15) is 11.5 Å². The molecule has 0 radical (unpaired) electrons. The smallest absolute Gasteiger partial charge is 0.416 e. The third-order valence-corrected chi connectivity index (χ3v) is 6.50. The van der Waals surface area contributed by atoms with Gasteiger partial charge in [0.2, 0.25) is 0 Å². The molecular weight excluding hydrogens is 517 g/mol. The van der Waals surface area contributed by atoms with Gasteiger partial charge in [0.25, 0.3) is 5.91 Å². The van der Waals surface area contributed by atoms with Gasteiger partial charge < -0.3 is 19.3 Å². The molecule has 1 amide bonds. The Kier molecular flexibility index (Phi) is 11.4. The Labute approximate surface area is 235 Å². The molecular formula is C32H39F3N2O3. The van der Waals surface area contributed by atoms with Crippen molar-refractivity contribution in [1.82, 2.24) is 4.90 Å². The van der Waals surface area contributed by atoms with Crippen LogP contribution in [0.5, 0.6) is 11.5 Å². The standard InChI is InChI=1S/C32H39F3N2O3/c1-24(2)23-40-30-16-6-5-15-29(30)37(31(38)26-12-10-13-27(22-26)32(33,34)35)19-8-7-18-36(3)20-17-25-11-9-14-28(21-25)39-4/h5-6,9-16,21-22,24H,7-8,17-20,23H2,1-4H3. The number of alkyl halides is 3. The quantitative estimate of drug-likeness (QED) is 0.195. The molecule has 5 nitrogen and oxygen atoms in total. The largest absolute Gasteiger partial charge is 0.497 e. The first-order chi connectivity index (χ1) is 19.1. The Hall–Kier alpha value is -3.52. The zero-order valence-electron chi connectivity index (χ0n) is 23.7. The third-order valence-electron chi connectivity index (χ3n) is 6.50. The second-order valence-corrected chi connectivity index (χ2v) is 10.3. The van der Waals surface area contributed by atoms with Crippen LogP contribution in [0.1, 0.15) is 48.2 Å². The van der Waals surface area contributed by atoms with E-state index >= 15 is 0 Å². The first kappa shape index (κ1) is 31.0. The molecule has 3 aromatic carbocycles. The molecule has 0 spiro atoms. The first-order valence-electron chi connectivity index (χ1n) is 13.6. The van der Waals surface area contributed by atoms with E-state index in [-0.39, 0.29) is 11.5 Å². The number of likely N-dealkylation sites (N-methyl/N-ethyl adjacent to an activating group) is 1. The number of carbonyl (C=O) groups is 1. The van der Waals surface area contributed by atoms with Crippen LogP contribution in [0.3, 0.4) is 0 Å². The van der Waals surface area contributed by atoms with Crippen LogP contribution in [-0.4, -0.2) is 51.2 Å². The van der Waals surface area contributed by atoms with Gasteiger partial charge in [0, 0.05) is 18.7 Å². The number of benzene rings is 3. The Bertz CT molecular complexity index is 1230. The van der Waals surface area contributed by atoms with Crippen molar-refractivity contribution < 1.29 is 27.4 Å². The summed E-state index contributed by atoms with van der Waals surface area (Å²) in [4.78, 5) is 17.4. The van der Waals surface area contributed by atoms with E-state index in [0.29, 0.717) is 31.0 Å². The fraction of sp³-hybridized carbons (Fsp3) is 0.406. The van der Waals surface area contributed by atoms with Crippen molar-refractivity contribution in [1.29, 1.82) is 0 Å². The number of nitrogens with zero attached hydrogens (tertiary/aromatic N) is 2. The Morgan fingerprint density at radius 2 is 1.62 bits per heavy atom. The number of anilines is 1. The predicted molar refractivity (Wildman–Crippen MR) is 153 cm³/mol. The molecule has 8 heteroatoms. The maximum atomic E-state index is 13.6. The summed E-state index contributed by atoms with van der Waals surface area (Å²) < 4.78 is 51.4. The van der Waals surface area contributed by atoms with Crippen LogP contribution in [0.15, 0.2) is 72.8 Å². The van der Waals surface area contributed by atoms with Crippen LogP contribution in [-0.2, 0) is 12.6 Å². The molecule has 0 heterocycles. The van der Waals surface area contributed by atoms with Gasteiger partial charge in [-0.2, -0.15) is 13.2 Å². The summed E-state index contributed by atoms with van der Waals surface area (Å²) in [7, 11) is 3.71. The topological polar surface area (TPSA) is 42.0 Å². The molecule has 0 bridgehead atoms. The van der Waals surface area contributed by atoms with Gasteiger partial charge in [0.05, 0.1) is 25.0 Å². The number of ether oxygens (including phenoxy) is 2. The minimum absolute atomic E-state index is 0.0103. The Morgan fingerprint density at radius 1 is 0.900 bits per heavy atom. The molecule has 0 aliphatic heterocycles. The van der Waals surface area contributed by atoms with Crippen LogP contribution < -0.4 is 14.4 Å². The molecule has 3 rings (SSSR count). The number of unbranched alkanes of at least 4 members (excludes halogenated alkanes) is 1. The van der Waals surface area contributed by atoms with Crippen LogP contribution in [0.2, 0.25) is 0 Å². The highest BCUT2D eigenvalue weighted by Crippen LogP contribution is 2.32. The van der Waals surface area contributed by atoms with Gasteiger partial charge in [-0.3, -0.25) is 4.79 Å². The van der Waals surface area contributed by atoms with Gasteiger partial charge in [-0.1, -0.05) is 44.2 Å². The van der Waals surface area contributed by atoms with Crippen molar-refractivity contribution in [3.8, 4) is 11.5 Å². The molecule has 0 saturated heterocycles. The highest BCUT2D eigenvalue weighted by atomic mass is 19.4. The lowest BCUT2D eigenvalue weighted by Gasteiger charge is -2.26. The zero-order valence-corrected chi connectivity index (χ0v) is 23.7. The molecule has 0 atom stereocenters. The summed E-state index contributed by atoms with van der Waals surface area (Å²) in [5.74, 6) is 1.15. The molecule has 0 aliphatic rings. The van der Waals surface area contributed by atoms with Gasteiger partial charge in [0.15, 0.2) is 0 Å². The summed E-state index contributed by atoms with van der Waals surface area (Å²) in [5, 5.41) is 0. The number of hydrogen-bond donors (Lipinski definition) is 0. The minimum atomic E-state index is -4.53. The van der Waals surface area contributed by atoms with Crippen LogP contribution in [0.4, 0.5) is 18.9 Å². The lowest BCUT2D eigenvalue weighted by Crippen LogP contribution is -2.33. The van der Waals surface area contributed by atoms with Crippen LogP contribution in [0, 0.1) is 5.92 Å². The van der Waals surface area contributed by atoms with Gasteiger partial charge in [-0.25, -0.2) is 0 Å². The summed E-state index contributed by atoms with van der Waals surface area (Å²) in [6.45, 7) is 6.55. The first-order valence-corrected chi connectivity index (χ1v) is 13.6. The number of carbonyl (C=O) groups excluding carboxylic acids is 1. The van der Waals surface area contributed by atoms with Crippen molar-refractivity contribution in [2.75, 3.05) is 45.3 Å². The molecule has 40 heavy (non-hydrogen) atoms. The molecule has 3 aromatic rings. The highest BCUT2D eigenvalue weighted by molar-refractivity contribution is 6.07. The maximum Gasteiger partial charge on any atom is 0.416 e. The molecule has 0 aromatic heterocycles. The van der Waals surface area contributed by atoms with Crippen LogP contribution >= 0.6 is 0 Å². The molecule has 0 fully saturated rings. The van der Waals surface area contributed by atoms with Crippen molar-refractivity contribution >= 4 is 11.6 Å². The number of hydrogen-bond acceptors (Lipinski definition) is 4. The van der Waals surface area contributed by atoms with E-state index in [1.165, 1.54) is 17.7 Å². The normalized spacial score (nSPS) is 11.6.